The number of para-hydroxylation sites is 3. The number of fused-ring (bicyclic) bond motifs is 15. The zero-order chi connectivity index (χ0) is 44.2. The second-order valence-electron chi connectivity index (χ2n) is 19.3. The highest BCUT2D eigenvalue weighted by Gasteiger charge is 2.38. The average Bonchev–Trinajstić information content (AvgIpc) is 3.88. The highest BCUT2D eigenvalue weighted by molar-refractivity contribution is 6.15. The van der Waals surface area contributed by atoms with E-state index in [0.717, 1.165) is 48.1 Å². The number of allylic oxidation sites excluding steroid dienone is 1. The lowest BCUT2D eigenvalue weighted by Gasteiger charge is -2.33. The molecule has 320 valence electrons. The Morgan fingerprint density at radius 3 is 2.04 bits per heavy atom. The molecule has 0 amide bonds. The molecule has 0 spiro atoms. The quantitative estimate of drug-likeness (QED) is 0.170. The molecule has 0 radical (unpaired) electrons. The van der Waals surface area contributed by atoms with E-state index >= 15 is 0 Å². The van der Waals surface area contributed by atoms with Crippen LogP contribution in [0.2, 0.25) is 0 Å². The molecule has 0 saturated carbocycles. The summed E-state index contributed by atoms with van der Waals surface area (Å²) >= 11 is 0. The van der Waals surface area contributed by atoms with Crippen LogP contribution in [0.15, 0.2) is 210 Å². The number of rotatable bonds is 2. The molecular weight excluding hydrogens is 813 g/mol. The van der Waals surface area contributed by atoms with Gasteiger partial charge < -0.3 is 4.42 Å². The van der Waals surface area contributed by atoms with Gasteiger partial charge >= 0.3 is 0 Å². The van der Waals surface area contributed by atoms with Gasteiger partial charge in [0.25, 0.3) is 0 Å². The van der Waals surface area contributed by atoms with Gasteiger partial charge in [0.15, 0.2) is 0 Å². The molecule has 0 N–H and O–H groups in total. The molecule has 3 nitrogen and oxygen atoms in total. The highest BCUT2D eigenvalue weighted by Crippen LogP contribution is 2.52. The molecule has 11 aromatic rings. The van der Waals surface area contributed by atoms with Crippen molar-refractivity contribution in [1.82, 2.24) is 4.57 Å². The first-order chi connectivity index (χ1) is 33.1. The predicted octanol–water partition coefficient (Wildman–Crippen LogP) is 16.5. The van der Waals surface area contributed by atoms with Crippen molar-refractivity contribution in [1.29, 1.82) is 0 Å². The van der Waals surface area contributed by atoms with Crippen LogP contribution in [0, 0.1) is 11.8 Å². The Hall–Kier alpha value is -7.75. The van der Waals surface area contributed by atoms with E-state index in [4.69, 9.17) is 9.41 Å². The van der Waals surface area contributed by atoms with E-state index in [0.29, 0.717) is 0 Å². The Balaban J connectivity index is 1.05. The minimum absolute atomic E-state index is 0.00708. The van der Waals surface area contributed by atoms with Crippen LogP contribution in [0.1, 0.15) is 65.1 Å². The fourth-order valence-corrected chi connectivity index (χ4v) is 12.3. The standard InChI is InChI=1S/C64H48N2O/c1-39-23-30-53-57(62(43-27-25-42(26-28-43)41-13-3-2-4-14-41)65-64(39)66-58-20-10-7-17-49(58)50-18-8-11-21-59(50)66)36-40-24-31-48-55-38-45-16-6-5-15-44(45)37-46(55)29-32-47(56(48)35-40)52-33-34-54-51-19-9-12-22-60(51)67-63(54)61(52)53/h2-22,24-28,30-31,33-35,37-39,47,57,62H,23,29,32,36H2,1H3/b53-30-,65-64?/t39-,47-,57?,62?/m0/s1. The molecule has 2 aliphatic carbocycles. The lowest BCUT2D eigenvalue weighted by molar-refractivity contribution is 0.521. The van der Waals surface area contributed by atoms with Crippen molar-refractivity contribution in [2.75, 3.05) is 0 Å². The third-order valence-corrected chi connectivity index (χ3v) is 15.5. The smallest absolute Gasteiger partial charge is 0.143 e. The summed E-state index contributed by atoms with van der Waals surface area (Å²) < 4.78 is 9.67. The molecule has 0 fully saturated rings. The van der Waals surface area contributed by atoms with Crippen LogP contribution in [-0.2, 0) is 12.8 Å². The maximum absolute atomic E-state index is 7.18. The fraction of sp³-hybridized carbons (Fsp3) is 0.141. The van der Waals surface area contributed by atoms with E-state index in [1.54, 1.807) is 0 Å². The van der Waals surface area contributed by atoms with Crippen molar-refractivity contribution in [3.63, 3.8) is 0 Å². The van der Waals surface area contributed by atoms with E-state index in [9.17, 15) is 0 Å². The lowest BCUT2D eigenvalue weighted by Crippen LogP contribution is -2.27. The van der Waals surface area contributed by atoms with Crippen LogP contribution in [-0.4, -0.2) is 10.4 Å². The predicted molar refractivity (Wildman–Crippen MR) is 279 cm³/mol. The first kappa shape index (κ1) is 38.5. The lowest BCUT2D eigenvalue weighted by atomic mass is 9.75. The number of furan rings is 1. The fourth-order valence-electron chi connectivity index (χ4n) is 12.3. The molecule has 4 atom stereocenters. The number of aliphatic imine (C=N–C) groups is 1. The van der Waals surface area contributed by atoms with Gasteiger partial charge in [0.05, 0.1) is 17.1 Å². The summed E-state index contributed by atoms with van der Waals surface area (Å²) in [4.78, 5) is 6.21. The van der Waals surface area contributed by atoms with Crippen molar-refractivity contribution in [2.24, 2.45) is 16.8 Å². The first-order valence-electron chi connectivity index (χ1n) is 24.1. The zero-order valence-corrected chi connectivity index (χ0v) is 37.5. The molecule has 3 heteroatoms. The molecule has 1 aliphatic heterocycles. The maximum atomic E-state index is 7.18. The zero-order valence-electron chi connectivity index (χ0n) is 37.5. The van der Waals surface area contributed by atoms with E-state index in [1.807, 2.05) is 0 Å². The number of benzene rings is 9. The van der Waals surface area contributed by atoms with Crippen LogP contribution in [0.4, 0.5) is 0 Å². The maximum Gasteiger partial charge on any atom is 0.143 e. The summed E-state index contributed by atoms with van der Waals surface area (Å²) in [5.41, 5.74) is 18.9. The second kappa shape index (κ2) is 15.2. The Bertz CT molecular complexity index is 3790. The Morgan fingerprint density at radius 1 is 0.567 bits per heavy atom. The van der Waals surface area contributed by atoms with E-state index in [2.05, 4.69) is 212 Å². The van der Waals surface area contributed by atoms with Gasteiger partial charge in [-0.05, 0) is 116 Å². The molecule has 9 aromatic carbocycles. The van der Waals surface area contributed by atoms with Crippen LogP contribution in [0.25, 0.3) is 82.3 Å². The Labute approximate surface area is 390 Å². The number of hydrogen-bond acceptors (Lipinski definition) is 2. The van der Waals surface area contributed by atoms with Crippen LogP contribution < -0.4 is 0 Å². The first-order valence-corrected chi connectivity index (χ1v) is 24.1. The van der Waals surface area contributed by atoms with Gasteiger partial charge in [-0.2, -0.15) is 0 Å². The molecule has 2 bridgehead atoms. The van der Waals surface area contributed by atoms with Gasteiger partial charge in [-0.3, -0.25) is 9.56 Å². The molecule has 2 unspecified atom stereocenters. The number of aromatic nitrogens is 1. The Kier molecular flexibility index (Phi) is 8.71. The largest absolute Gasteiger partial charge is 0.455 e. The van der Waals surface area contributed by atoms with E-state index < -0.39 is 0 Å². The van der Waals surface area contributed by atoms with Gasteiger partial charge in [-0.15, -0.1) is 0 Å². The second-order valence-corrected chi connectivity index (χ2v) is 19.3. The number of nitrogens with zero attached hydrogens (tertiary/aromatic N) is 2. The van der Waals surface area contributed by atoms with Gasteiger partial charge in [0.2, 0.25) is 0 Å². The molecule has 3 aliphatic rings. The molecule has 0 saturated heterocycles. The third kappa shape index (κ3) is 6.07. The summed E-state index contributed by atoms with van der Waals surface area (Å²) in [5, 5.41) is 7.46. The topological polar surface area (TPSA) is 30.4 Å². The summed E-state index contributed by atoms with van der Waals surface area (Å²) in [6.07, 6.45) is 6.29. The average molecular weight is 861 g/mol. The minimum Gasteiger partial charge on any atom is -0.455 e. The molecule has 14 rings (SSSR count). The molecule has 2 aromatic heterocycles. The van der Waals surface area contributed by atoms with Crippen molar-refractivity contribution in [2.45, 2.75) is 44.6 Å². The molecule has 3 heterocycles. The summed E-state index contributed by atoms with van der Waals surface area (Å²) in [5.74, 6) is 1.38. The SMILES string of the molecule is C[C@H]1C/C=C2\c3c(ccc4c3oc3ccccc34)[C@@H]3CCc4cc5ccccc5cc4-c4ccc(cc43)CC2C(c2ccc(-c3ccccc3)cc2)N=C1n1c2ccccc2c2ccccc21. The van der Waals surface area contributed by atoms with Gasteiger partial charge in [-0.1, -0.05) is 183 Å². The summed E-state index contributed by atoms with van der Waals surface area (Å²) in [6.45, 7) is 2.38. The summed E-state index contributed by atoms with van der Waals surface area (Å²) in [7, 11) is 0. The molecular formula is C64H48N2O. The van der Waals surface area contributed by atoms with Gasteiger partial charge in [-0.25, -0.2) is 0 Å². The van der Waals surface area contributed by atoms with Crippen molar-refractivity contribution in [3.05, 3.63) is 234 Å². The normalized spacial score (nSPS) is 19.8. The van der Waals surface area contributed by atoms with Gasteiger partial charge in [0.1, 0.15) is 17.0 Å². The van der Waals surface area contributed by atoms with Gasteiger partial charge in [0, 0.05) is 44.9 Å². The van der Waals surface area contributed by atoms with Crippen LogP contribution >= 0.6 is 0 Å². The van der Waals surface area contributed by atoms with E-state index in [-0.39, 0.29) is 23.8 Å². The summed E-state index contributed by atoms with van der Waals surface area (Å²) in [6, 6.07) is 72.2. The van der Waals surface area contributed by atoms with Crippen LogP contribution in [0.3, 0.4) is 0 Å². The monoisotopic (exact) mass is 860 g/mol. The van der Waals surface area contributed by atoms with Crippen molar-refractivity contribution < 1.29 is 4.42 Å². The Morgan fingerprint density at radius 2 is 1.25 bits per heavy atom. The highest BCUT2D eigenvalue weighted by atomic mass is 16.3. The van der Waals surface area contributed by atoms with E-state index in [1.165, 1.54) is 99.2 Å². The number of aryl methyl sites for hydroxylation is 1. The molecule has 67 heavy (non-hydrogen) atoms. The third-order valence-electron chi connectivity index (χ3n) is 15.5. The number of hydrogen-bond donors (Lipinski definition) is 0. The van der Waals surface area contributed by atoms with Crippen molar-refractivity contribution in [3.8, 4) is 22.3 Å². The van der Waals surface area contributed by atoms with Crippen LogP contribution in [0.5, 0.6) is 0 Å². The van der Waals surface area contributed by atoms with Crippen molar-refractivity contribution >= 4 is 65.9 Å². The minimum atomic E-state index is -0.207.